The Morgan fingerprint density at radius 3 is 2.65 bits per heavy atom. The van der Waals surface area contributed by atoms with Crippen LogP contribution >= 0.6 is 24.8 Å². The van der Waals surface area contributed by atoms with E-state index in [-0.39, 0.29) is 36.6 Å². The van der Waals surface area contributed by atoms with E-state index in [2.05, 4.69) is 10.3 Å². The third-order valence-electron chi connectivity index (χ3n) is 4.71. The number of nitrogens with zero attached hydrogens (tertiary/aromatic N) is 2. The van der Waals surface area contributed by atoms with Crippen LogP contribution in [0.1, 0.15) is 25.1 Å². The summed E-state index contributed by atoms with van der Waals surface area (Å²) in [6, 6.07) is 7.43. The van der Waals surface area contributed by atoms with E-state index >= 15 is 0 Å². The van der Waals surface area contributed by atoms with Crippen LogP contribution in [0.3, 0.4) is 0 Å². The summed E-state index contributed by atoms with van der Waals surface area (Å²) < 4.78 is 7.63. The van der Waals surface area contributed by atoms with Crippen molar-refractivity contribution in [2.45, 2.75) is 25.9 Å². The van der Waals surface area contributed by atoms with Crippen molar-refractivity contribution >= 4 is 36.4 Å². The van der Waals surface area contributed by atoms with Gasteiger partial charge in [0.05, 0.1) is 0 Å². The third kappa shape index (κ3) is 5.37. The molecule has 1 fully saturated rings. The van der Waals surface area contributed by atoms with Crippen LogP contribution in [-0.4, -0.2) is 22.0 Å². The molecular weight excluding hydrogens is 375 g/mol. The van der Waals surface area contributed by atoms with E-state index in [0.717, 1.165) is 36.5 Å². The highest BCUT2D eigenvalue weighted by atomic mass is 35.5. The van der Waals surface area contributed by atoms with E-state index < -0.39 is 0 Å². The van der Waals surface area contributed by atoms with Crippen molar-refractivity contribution in [2.24, 2.45) is 24.6 Å². The molecule has 0 spiro atoms. The second-order valence-electron chi connectivity index (χ2n) is 6.29. The molecule has 1 heterocycles. The smallest absolute Gasteiger partial charge is 0.227 e. The van der Waals surface area contributed by atoms with Crippen molar-refractivity contribution < 1.29 is 9.53 Å². The molecular formula is C18H26Cl2N4O2. The standard InChI is InChI=1S/C18H24N4O2.2ClH/c1-22-10-9-20-17(22)12-24-15-7-5-14(6-8-15)21-18(23)16-4-2-3-13(16)11-19;;/h5-10,13,16H,2-4,11-12,19H2,1H3,(H,21,23);2*1H/t13-,16-;;/m1../s1. The highest BCUT2D eigenvalue weighted by Gasteiger charge is 2.31. The van der Waals surface area contributed by atoms with E-state index in [9.17, 15) is 4.79 Å². The lowest BCUT2D eigenvalue weighted by Crippen LogP contribution is -2.29. The average Bonchev–Trinajstić information content (AvgIpc) is 3.23. The number of carbonyl (C=O) groups excluding carboxylic acids is 1. The number of aromatic nitrogens is 2. The number of halogens is 2. The highest BCUT2D eigenvalue weighted by molar-refractivity contribution is 5.93. The van der Waals surface area contributed by atoms with E-state index in [1.165, 1.54) is 0 Å². The lowest BCUT2D eigenvalue weighted by Gasteiger charge is -2.17. The van der Waals surface area contributed by atoms with E-state index in [1.54, 1.807) is 6.20 Å². The zero-order valence-electron chi connectivity index (χ0n) is 14.8. The Morgan fingerprint density at radius 2 is 2.04 bits per heavy atom. The summed E-state index contributed by atoms with van der Waals surface area (Å²) >= 11 is 0. The van der Waals surface area contributed by atoms with E-state index in [1.807, 2.05) is 42.1 Å². The lowest BCUT2D eigenvalue weighted by molar-refractivity contribution is -0.120. The molecule has 0 unspecified atom stereocenters. The molecule has 1 amide bonds. The Labute approximate surface area is 166 Å². The van der Waals surface area contributed by atoms with Crippen molar-refractivity contribution in [1.82, 2.24) is 9.55 Å². The number of nitrogens with one attached hydrogen (secondary N) is 1. The van der Waals surface area contributed by atoms with Crippen molar-refractivity contribution in [3.8, 4) is 5.75 Å². The SMILES string of the molecule is Cl.Cl.Cn1ccnc1COc1ccc(NC(=O)[C@@H]2CCC[C@@H]2CN)cc1. The number of hydrogen-bond acceptors (Lipinski definition) is 4. The summed E-state index contributed by atoms with van der Waals surface area (Å²) in [6.07, 6.45) is 6.69. The Hall–Kier alpha value is -1.76. The number of carbonyl (C=O) groups is 1. The maximum Gasteiger partial charge on any atom is 0.227 e. The van der Waals surface area contributed by atoms with Gasteiger partial charge in [-0.2, -0.15) is 0 Å². The van der Waals surface area contributed by atoms with Gasteiger partial charge in [0.2, 0.25) is 5.91 Å². The van der Waals surface area contributed by atoms with Gasteiger partial charge in [-0.1, -0.05) is 6.42 Å². The number of ether oxygens (including phenoxy) is 1. The lowest BCUT2D eigenvalue weighted by atomic mass is 9.95. The van der Waals surface area contributed by atoms with Gasteiger partial charge in [-0.25, -0.2) is 4.98 Å². The number of amides is 1. The Kier molecular flexibility index (Phi) is 8.92. The molecule has 1 aliphatic carbocycles. The monoisotopic (exact) mass is 400 g/mol. The van der Waals surface area contributed by atoms with Crippen LogP contribution in [0.25, 0.3) is 0 Å². The maximum atomic E-state index is 12.4. The van der Waals surface area contributed by atoms with Crippen LogP contribution in [0, 0.1) is 11.8 Å². The summed E-state index contributed by atoms with van der Waals surface area (Å²) in [5.41, 5.74) is 6.54. The van der Waals surface area contributed by atoms with Gasteiger partial charge in [0, 0.05) is 31.0 Å². The van der Waals surface area contributed by atoms with Crippen molar-refractivity contribution in [1.29, 1.82) is 0 Å². The van der Waals surface area contributed by atoms with Gasteiger partial charge < -0.3 is 20.4 Å². The van der Waals surface area contributed by atoms with Gasteiger partial charge in [0.25, 0.3) is 0 Å². The highest BCUT2D eigenvalue weighted by Crippen LogP contribution is 2.32. The summed E-state index contributed by atoms with van der Waals surface area (Å²) in [6.45, 7) is 0.994. The molecule has 8 heteroatoms. The first-order valence-corrected chi connectivity index (χ1v) is 8.37. The van der Waals surface area contributed by atoms with Crippen molar-refractivity contribution in [3.63, 3.8) is 0 Å². The van der Waals surface area contributed by atoms with Crippen LogP contribution < -0.4 is 15.8 Å². The van der Waals surface area contributed by atoms with E-state index in [0.29, 0.717) is 19.1 Å². The van der Waals surface area contributed by atoms with Gasteiger partial charge >= 0.3 is 0 Å². The first kappa shape index (κ1) is 22.3. The van der Waals surface area contributed by atoms with Gasteiger partial charge in [0.1, 0.15) is 18.2 Å². The molecule has 3 N–H and O–H groups in total. The van der Waals surface area contributed by atoms with Crippen LogP contribution in [0.2, 0.25) is 0 Å². The summed E-state index contributed by atoms with van der Waals surface area (Å²) in [5, 5.41) is 2.99. The number of hydrogen-bond donors (Lipinski definition) is 2. The molecule has 0 radical (unpaired) electrons. The second kappa shape index (κ2) is 10.4. The Morgan fingerprint density at radius 1 is 1.31 bits per heavy atom. The fourth-order valence-corrected chi connectivity index (χ4v) is 3.22. The molecule has 1 aliphatic rings. The van der Waals surface area contributed by atoms with Gasteiger partial charge in [-0.15, -0.1) is 24.8 Å². The van der Waals surface area contributed by atoms with Crippen molar-refractivity contribution in [3.05, 3.63) is 42.5 Å². The number of rotatable bonds is 6. The van der Waals surface area contributed by atoms with Crippen LogP contribution in [-0.2, 0) is 18.4 Å². The summed E-state index contributed by atoms with van der Waals surface area (Å²) in [7, 11) is 1.93. The third-order valence-corrected chi connectivity index (χ3v) is 4.71. The molecule has 26 heavy (non-hydrogen) atoms. The molecule has 1 aromatic carbocycles. The summed E-state index contributed by atoms with van der Waals surface area (Å²) in [5.74, 6) is 2.03. The minimum atomic E-state index is 0. The van der Waals surface area contributed by atoms with Crippen LogP contribution in [0.5, 0.6) is 5.75 Å². The molecule has 2 aromatic rings. The normalized spacial score (nSPS) is 18.5. The molecule has 6 nitrogen and oxygen atoms in total. The molecule has 1 saturated carbocycles. The number of aryl methyl sites for hydroxylation is 1. The quantitative estimate of drug-likeness (QED) is 0.779. The molecule has 1 aromatic heterocycles. The van der Waals surface area contributed by atoms with Gasteiger partial charge in [-0.3, -0.25) is 4.79 Å². The van der Waals surface area contributed by atoms with Crippen LogP contribution in [0.15, 0.2) is 36.7 Å². The molecule has 0 aliphatic heterocycles. The minimum absolute atomic E-state index is 0. The first-order chi connectivity index (χ1) is 11.7. The fraction of sp³-hybridized carbons (Fsp3) is 0.444. The maximum absolute atomic E-state index is 12.4. The number of nitrogens with two attached hydrogens (primary N) is 1. The number of benzene rings is 1. The Bertz CT molecular complexity index is 691. The number of imidazole rings is 1. The zero-order chi connectivity index (χ0) is 16.9. The second-order valence-corrected chi connectivity index (χ2v) is 6.29. The Balaban J connectivity index is 0.00000169. The molecule has 144 valence electrons. The minimum Gasteiger partial charge on any atom is -0.486 e. The topological polar surface area (TPSA) is 82.2 Å². The number of anilines is 1. The molecule has 3 rings (SSSR count). The molecule has 0 saturated heterocycles. The zero-order valence-corrected chi connectivity index (χ0v) is 16.4. The predicted octanol–water partition coefficient (Wildman–Crippen LogP) is 3.16. The van der Waals surface area contributed by atoms with E-state index in [4.69, 9.17) is 10.5 Å². The summed E-state index contributed by atoms with van der Waals surface area (Å²) in [4.78, 5) is 16.6. The van der Waals surface area contributed by atoms with Crippen molar-refractivity contribution in [2.75, 3.05) is 11.9 Å². The largest absolute Gasteiger partial charge is 0.486 e. The van der Waals surface area contributed by atoms with Gasteiger partial charge in [-0.05, 0) is 49.6 Å². The fourth-order valence-electron chi connectivity index (χ4n) is 3.22. The first-order valence-electron chi connectivity index (χ1n) is 8.37. The average molecular weight is 401 g/mol. The molecule has 2 atom stereocenters. The predicted molar refractivity (Wildman–Crippen MR) is 107 cm³/mol. The van der Waals surface area contributed by atoms with Gasteiger partial charge in [0.15, 0.2) is 0 Å². The van der Waals surface area contributed by atoms with Crippen LogP contribution in [0.4, 0.5) is 5.69 Å². The molecule has 0 bridgehead atoms.